The van der Waals surface area contributed by atoms with Crippen LogP contribution in [0.5, 0.6) is 0 Å². The molecule has 1 aromatic heterocycles. The molecule has 2 fully saturated rings. The molecule has 174 valence electrons. The highest BCUT2D eigenvalue weighted by molar-refractivity contribution is 7.80. The van der Waals surface area contributed by atoms with Crippen LogP contribution in [0.15, 0.2) is 54.9 Å². The number of rotatable bonds is 4. The Morgan fingerprint density at radius 3 is 1.56 bits per heavy atom. The van der Waals surface area contributed by atoms with E-state index in [0.717, 1.165) is 6.07 Å². The number of aromatic nitrogens is 1. The van der Waals surface area contributed by atoms with Crippen molar-refractivity contribution in [2.75, 3.05) is 0 Å². The maximum atomic E-state index is 12.5. The Morgan fingerprint density at radius 1 is 0.765 bits per heavy atom. The van der Waals surface area contributed by atoms with Crippen LogP contribution in [-0.2, 0) is 19.2 Å². The van der Waals surface area contributed by atoms with Crippen molar-refractivity contribution in [1.29, 1.82) is 0 Å². The van der Waals surface area contributed by atoms with Gasteiger partial charge in [0.25, 0.3) is 5.69 Å². The highest BCUT2D eigenvalue weighted by atomic mass is 32.1. The SMILES string of the molecule is O=C1NC(=S)NC(=O)C1C(c1ccccc1[N+](=O)[O-])C1C(=O)NC(=S)NC1=O.c1ccncc1. The average molecular weight is 501 g/mol. The van der Waals surface area contributed by atoms with E-state index in [1.54, 1.807) is 12.4 Å². The molecule has 4 N–H and O–H groups in total. The minimum Gasteiger partial charge on any atom is -0.302 e. The number of hydrogen-bond acceptors (Lipinski definition) is 9. The van der Waals surface area contributed by atoms with E-state index in [1.807, 2.05) is 18.2 Å². The number of nitrogens with one attached hydrogen (secondary N) is 4. The molecular weight excluding hydrogens is 484 g/mol. The largest absolute Gasteiger partial charge is 0.302 e. The second-order valence-electron chi connectivity index (χ2n) is 6.94. The molecule has 0 unspecified atom stereocenters. The summed E-state index contributed by atoms with van der Waals surface area (Å²) in [5.41, 5.74) is -0.575. The average Bonchev–Trinajstić information content (AvgIpc) is 2.78. The maximum Gasteiger partial charge on any atom is 0.272 e. The second-order valence-corrected chi connectivity index (χ2v) is 7.75. The number of para-hydroxylation sites is 1. The molecule has 0 spiro atoms. The van der Waals surface area contributed by atoms with E-state index in [2.05, 4.69) is 26.3 Å². The molecule has 2 aromatic rings. The Labute approximate surface area is 202 Å². The van der Waals surface area contributed by atoms with E-state index < -0.39 is 52.0 Å². The van der Waals surface area contributed by atoms with Gasteiger partial charge >= 0.3 is 0 Å². The summed E-state index contributed by atoms with van der Waals surface area (Å²) in [6.07, 6.45) is 3.50. The van der Waals surface area contributed by atoms with Gasteiger partial charge in [-0.15, -0.1) is 0 Å². The molecule has 12 nitrogen and oxygen atoms in total. The fourth-order valence-corrected chi connectivity index (χ4v) is 3.91. The van der Waals surface area contributed by atoms with Gasteiger partial charge in [-0.1, -0.05) is 24.3 Å². The molecule has 0 radical (unpaired) electrons. The maximum absolute atomic E-state index is 12.5. The summed E-state index contributed by atoms with van der Waals surface area (Å²) in [5.74, 6) is -8.26. The van der Waals surface area contributed by atoms with Crippen molar-refractivity contribution in [1.82, 2.24) is 26.3 Å². The lowest BCUT2D eigenvalue weighted by Crippen LogP contribution is -2.62. The van der Waals surface area contributed by atoms with Crippen molar-refractivity contribution in [3.8, 4) is 0 Å². The number of nitro groups is 1. The predicted molar refractivity (Wildman–Crippen MR) is 125 cm³/mol. The van der Waals surface area contributed by atoms with Crippen molar-refractivity contribution in [3.05, 3.63) is 70.5 Å². The predicted octanol–water partition coefficient (Wildman–Crippen LogP) is 0.0542. The molecule has 2 aliphatic heterocycles. The first-order chi connectivity index (χ1) is 16.2. The number of nitrogens with zero attached hydrogens (tertiary/aromatic N) is 2. The number of nitro benzene ring substituents is 1. The Hall–Kier alpha value is -4.17. The molecule has 3 heterocycles. The number of carbonyl (C=O) groups excluding carboxylic acids is 4. The molecule has 0 atom stereocenters. The quantitative estimate of drug-likeness (QED) is 0.196. The van der Waals surface area contributed by atoms with Gasteiger partial charge in [0.1, 0.15) is 11.8 Å². The first kappa shape index (κ1) is 24.5. The summed E-state index contributed by atoms with van der Waals surface area (Å²) >= 11 is 9.51. The van der Waals surface area contributed by atoms with E-state index >= 15 is 0 Å². The van der Waals surface area contributed by atoms with Gasteiger partial charge in [-0.25, -0.2) is 0 Å². The molecule has 34 heavy (non-hydrogen) atoms. The third kappa shape index (κ3) is 5.41. The van der Waals surface area contributed by atoms with Gasteiger partial charge in [0.2, 0.25) is 23.6 Å². The third-order valence-corrected chi connectivity index (χ3v) is 5.26. The van der Waals surface area contributed by atoms with Crippen molar-refractivity contribution in [2.24, 2.45) is 11.8 Å². The van der Waals surface area contributed by atoms with Crippen LogP contribution in [0, 0.1) is 22.0 Å². The van der Waals surface area contributed by atoms with Gasteiger partial charge in [-0.05, 0) is 36.6 Å². The summed E-state index contributed by atoms with van der Waals surface area (Å²) in [7, 11) is 0. The van der Waals surface area contributed by atoms with Crippen LogP contribution in [0.2, 0.25) is 0 Å². The second kappa shape index (κ2) is 10.6. The number of benzene rings is 1. The molecule has 2 saturated heterocycles. The Morgan fingerprint density at radius 2 is 1.21 bits per heavy atom. The molecule has 0 saturated carbocycles. The first-order valence-corrected chi connectivity index (χ1v) is 10.4. The lowest BCUT2D eigenvalue weighted by molar-refractivity contribution is -0.385. The summed E-state index contributed by atoms with van der Waals surface area (Å²) < 4.78 is 0. The number of pyridine rings is 1. The van der Waals surface area contributed by atoms with Crippen LogP contribution < -0.4 is 21.3 Å². The summed E-state index contributed by atoms with van der Waals surface area (Å²) in [6, 6.07) is 11.0. The highest BCUT2D eigenvalue weighted by Gasteiger charge is 2.51. The van der Waals surface area contributed by atoms with Gasteiger partial charge in [0.05, 0.1) is 4.92 Å². The third-order valence-electron chi connectivity index (χ3n) is 4.85. The van der Waals surface area contributed by atoms with Gasteiger partial charge in [0, 0.05) is 29.9 Å². The van der Waals surface area contributed by atoms with Crippen LogP contribution in [-0.4, -0.2) is 43.8 Å². The van der Waals surface area contributed by atoms with Gasteiger partial charge < -0.3 is 21.3 Å². The lowest BCUT2D eigenvalue weighted by Gasteiger charge is -2.34. The van der Waals surface area contributed by atoms with Gasteiger partial charge in [0.15, 0.2) is 10.2 Å². The number of carbonyl (C=O) groups is 4. The monoisotopic (exact) mass is 500 g/mol. The lowest BCUT2D eigenvalue weighted by atomic mass is 9.73. The van der Waals surface area contributed by atoms with Crippen LogP contribution >= 0.6 is 24.4 Å². The number of thiocarbonyl (C=S) groups is 2. The van der Waals surface area contributed by atoms with Gasteiger partial charge in [-0.2, -0.15) is 0 Å². The van der Waals surface area contributed by atoms with Crippen molar-refractivity contribution < 1.29 is 24.1 Å². The normalized spacial score (nSPS) is 16.6. The summed E-state index contributed by atoms with van der Waals surface area (Å²) in [4.78, 5) is 64.6. The minimum absolute atomic E-state index is 0.126. The zero-order chi connectivity index (χ0) is 24.8. The van der Waals surface area contributed by atoms with E-state index in [-0.39, 0.29) is 15.8 Å². The molecule has 1 aromatic carbocycles. The molecule has 0 bridgehead atoms. The van der Waals surface area contributed by atoms with E-state index in [9.17, 15) is 29.3 Å². The molecule has 14 heteroatoms. The van der Waals surface area contributed by atoms with E-state index in [0.29, 0.717) is 0 Å². The number of hydrogen-bond donors (Lipinski definition) is 4. The molecule has 4 amide bonds. The fourth-order valence-electron chi connectivity index (χ4n) is 3.51. The van der Waals surface area contributed by atoms with Gasteiger partial charge in [-0.3, -0.25) is 34.3 Å². The number of amides is 4. The Kier molecular flexibility index (Phi) is 7.65. The highest BCUT2D eigenvalue weighted by Crippen LogP contribution is 2.39. The smallest absolute Gasteiger partial charge is 0.272 e. The fraction of sp³-hybridized carbons (Fsp3) is 0.150. The van der Waals surface area contributed by atoms with Crippen LogP contribution in [0.25, 0.3) is 0 Å². The zero-order valence-corrected chi connectivity index (χ0v) is 18.7. The standard InChI is InChI=1S/C15H11N5O6S2.C5H5N/c21-10-8(11(22)17-14(27)16-10)7(5-3-1-2-4-6(5)20(25)26)9-12(23)18-15(28)19-13(9)24;1-2-4-6-5-3-1/h1-4,7-9H,(H2,16,17,21,22,27)(H2,18,19,23,24,28);1-5H. The Bertz CT molecular complexity index is 1080. The van der Waals surface area contributed by atoms with E-state index in [4.69, 9.17) is 24.4 Å². The minimum atomic E-state index is -1.62. The molecule has 4 rings (SSSR count). The van der Waals surface area contributed by atoms with Crippen LogP contribution in [0.3, 0.4) is 0 Å². The molecule has 2 aliphatic rings. The van der Waals surface area contributed by atoms with Crippen molar-refractivity contribution >= 4 is 64.0 Å². The molecular formula is C20H16N6O6S2. The van der Waals surface area contributed by atoms with Crippen LogP contribution in [0.1, 0.15) is 11.5 Å². The summed E-state index contributed by atoms with van der Waals surface area (Å²) in [6.45, 7) is 0. The molecule has 0 aliphatic carbocycles. The Balaban J connectivity index is 0.000000469. The van der Waals surface area contributed by atoms with Crippen molar-refractivity contribution in [2.45, 2.75) is 5.92 Å². The first-order valence-electron chi connectivity index (χ1n) is 9.60. The van der Waals surface area contributed by atoms with E-state index in [1.165, 1.54) is 18.2 Å². The van der Waals surface area contributed by atoms with Crippen molar-refractivity contribution in [3.63, 3.8) is 0 Å². The van der Waals surface area contributed by atoms with Crippen LogP contribution in [0.4, 0.5) is 5.69 Å². The topological polar surface area (TPSA) is 172 Å². The summed E-state index contributed by atoms with van der Waals surface area (Å²) in [5, 5.41) is 19.9. The zero-order valence-electron chi connectivity index (χ0n) is 17.1.